The number of nitrogens with one attached hydrogen (secondary N) is 1. The van der Waals surface area contributed by atoms with Crippen molar-refractivity contribution in [2.24, 2.45) is 0 Å². The molecule has 1 aliphatic rings. The highest BCUT2D eigenvalue weighted by Crippen LogP contribution is 2.21. The van der Waals surface area contributed by atoms with Gasteiger partial charge in [0.05, 0.1) is 0 Å². The maximum absolute atomic E-state index is 11.6. The molecule has 1 saturated heterocycles. The maximum Gasteiger partial charge on any atom is 0.350 e. The van der Waals surface area contributed by atoms with E-state index in [1.54, 1.807) is 0 Å². The molecule has 0 spiro atoms. The highest BCUT2D eigenvalue weighted by molar-refractivity contribution is 6.15. The number of rotatable bonds is 6. The third-order valence-corrected chi connectivity index (χ3v) is 2.83. The van der Waals surface area contributed by atoms with Crippen molar-refractivity contribution in [3.63, 3.8) is 0 Å². The van der Waals surface area contributed by atoms with Gasteiger partial charge in [0.25, 0.3) is 5.79 Å². The lowest BCUT2D eigenvalue weighted by molar-refractivity contribution is -0.222. The third-order valence-electron chi connectivity index (χ3n) is 2.83. The van der Waals surface area contributed by atoms with Crippen LogP contribution < -0.4 is 5.32 Å². The normalized spacial score (nSPS) is 18.1. The molecule has 0 aromatic rings. The second-order valence-electron chi connectivity index (χ2n) is 4.72. The summed E-state index contributed by atoms with van der Waals surface area (Å²) in [7, 11) is 0. The molecule has 0 unspecified atom stereocenters. The summed E-state index contributed by atoms with van der Waals surface area (Å²) in [6, 6.07) is 0. The molecule has 1 N–H and O–H groups in total. The minimum absolute atomic E-state index is 0.0983. The van der Waals surface area contributed by atoms with Crippen LogP contribution in [0.4, 0.5) is 0 Å². The Morgan fingerprint density at radius 1 is 1.16 bits per heavy atom. The van der Waals surface area contributed by atoms with E-state index in [4.69, 9.17) is 9.47 Å². The van der Waals surface area contributed by atoms with Crippen molar-refractivity contribution >= 4 is 11.9 Å². The Hall–Kier alpha value is -1.56. The fourth-order valence-corrected chi connectivity index (χ4v) is 1.72. The van der Waals surface area contributed by atoms with Crippen molar-refractivity contribution in [2.45, 2.75) is 33.5 Å². The van der Waals surface area contributed by atoms with Crippen LogP contribution in [0.15, 0.2) is 11.8 Å². The summed E-state index contributed by atoms with van der Waals surface area (Å²) in [5, 5.41) is 2.94. The van der Waals surface area contributed by atoms with Crippen molar-refractivity contribution in [1.29, 1.82) is 0 Å². The molecule has 0 saturated carbocycles. The highest BCUT2D eigenvalue weighted by atomic mass is 16.7. The lowest BCUT2D eigenvalue weighted by Crippen LogP contribution is -2.42. The first-order valence-corrected chi connectivity index (χ1v) is 6.52. The maximum atomic E-state index is 11.6. The van der Waals surface area contributed by atoms with E-state index in [0.29, 0.717) is 6.54 Å². The molecule has 6 heteroatoms. The Labute approximate surface area is 113 Å². The SMILES string of the molecule is CCN(CC)CCNC=C1C(=O)OC(C)(C)OC1=O. The van der Waals surface area contributed by atoms with Crippen molar-refractivity contribution in [1.82, 2.24) is 10.2 Å². The fraction of sp³-hybridized carbons (Fsp3) is 0.692. The van der Waals surface area contributed by atoms with Crippen LogP contribution in [0, 0.1) is 0 Å². The van der Waals surface area contributed by atoms with Crippen LogP contribution in [-0.2, 0) is 19.1 Å². The zero-order valence-corrected chi connectivity index (χ0v) is 12.0. The third kappa shape index (κ3) is 4.55. The molecule has 19 heavy (non-hydrogen) atoms. The number of carbonyl (C=O) groups excluding carboxylic acids is 2. The predicted octanol–water partition coefficient (Wildman–Crippen LogP) is 0.638. The molecule has 0 atom stereocenters. The summed E-state index contributed by atoms with van der Waals surface area (Å²) in [5.74, 6) is -2.50. The van der Waals surface area contributed by atoms with Crippen LogP contribution in [0.5, 0.6) is 0 Å². The first-order valence-electron chi connectivity index (χ1n) is 6.52. The minimum atomic E-state index is -1.19. The van der Waals surface area contributed by atoms with Gasteiger partial charge in [-0.1, -0.05) is 13.8 Å². The smallest absolute Gasteiger partial charge is 0.350 e. The monoisotopic (exact) mass is 270 g/mol. The van der Waals surface area contributed by atoms with Gasteiger partial charge in [-0.3, -0.25) is 0 Å². The summed E-state index contributed by atoms with van der Waals surface area (Å²) in [5.41, 5.74) is -0.0983. The van der Waals surface area contributed by atoms with E-state index in [9.17, 15) is 9.59 Å². The van der Waals surface area contributed by atoms with Crippen molar-refractivity contribution in [3.8, 4) is 0 Å². The molecule has 1 rings (SSSR count). The summed E-state index contributed by atoms with van der Waals surface area (Å²) in [6.45, 7) is 10.6. The van der Waals surface area contributed by atoms with Crippen molar-refractivity contribution < 1.29 is 19.1 Å². The van der Waals surface area contributed by atoms with Gasteiger partial charge in [-0.15, -0.1) is 0 Å². The van der Waals surface area contributed by atoms with Crippen LogP contribution in [0.1, 0.15) is 27.7 Å². The molecule has 1 aliphatic heterocycles. The molecule has 6 nitrogen and oxygen atoms in total. The van der Waals surface area contributed by atoms with Gasteiger partial charge in [-0.05, 0) is 13.1 Å². The summed E-state index contributed by atoms with van der Waals surface area (Å²) >= 11 is 0. The van der Waals surface area contributed by atoms with E-state index in [-0.39, 0.29) is 5.57 Å². The Balaban J connectivity index is 2.49. The van der Waals surface area contributed by atoms with E-state index in [2.05, 4.69) is 24.1 Å². The number of carbonyl (C=O) groups is 2. The van der Waals surface area contributed by atoms with Gasteiger partial charge in [-0.2, -0.15) is 0 Å². The molecule has 1 heterocycles. The lowest BCUT2D eigenvalue weighted by atomic mass is 10.2. The van der Waals surface area contributed by atoms with E-state index in [0.717, 1.165) is 19.6 Å². The predicted molar refractivity (Wildman–Crippen MR) is 70.1 cm³/mol. The van der Waals surface area contributed by atoms with Gasteiger partial charge in [0.15, 0.2) is 5.57 Å². The zero-order valence-electron chi connectivity index (χ0n) is 12.0. The van der Waals surface area contributed by atoms with E-state index in [1.807, 2.05) is 0 Å². The lowest BCUT2D eigenvalue weighted by Gasteiger charge is -2.29. The minimum Gasteiger partial charge on any atom is -0.419 e. The molecular weight excluding hydrogens is 248 g/mol. The summed E-state index contributed by atoms with van der Waals surface area (Å²) in [6.07, 6.45) is 1.36. The number of cyclic esters (lactones) is 2. The van der Waals surface area contributed by atoms with E-state index < -0.39 is 17.7 Å². The highest BCUT2D eigenvalue weighted by Gasteiger charge is 2.38. The van der Waals surface area contributed by atoms with Crippen LogP contribution in [-0.4, -0.2) is 48.8 Å². The Morgan fingerprint density at radius 3 is 2.16 bits per heavy atom. The van der Waals surface area contributed by atoms with E-state index in [1.165, 1.54) is 20.0 Å². The average molecular weight is 270 g/mol. The average Bonchev–Trinajstić information content (AvgIpc) is 2.30. The Kier molecular flexibility index (Phi) is 5.35. The molecule has 108 valence electrons. The van der Waals surface area contributed by atoms with Crippen LogP contribution in [0.25, 0.3) is 0 Å². The number of hydrogen-bond donors (Lipinski definition) is 1. The van der Waals surface area contributed by atoms with Crippen molar-refractivity contribution in [2.75, 3.05) is 26.2 Å². The standard InChI is InChI=1S/C13H22N2O4/c1-5-15(6-2)8-7-14-9-10-11(16)18-13(3,4)19-12(10)17/h9,14H,5-8H2,1-4H3. The van der Waals surface area contributed by atoms with Gasteiger partial charge in [0.1, 0.15) is 0 Å². The molecule has 0 radical (unpaired) electrons. The number of nitrogens with zero attached hydrogens (tertiary/aromatic N) is 1. The quantitative estimate of drug-likeness (QED) is 0.330. The molecule has 1 fully saturated rings. The van der Waals surface area contributed by atoms with E-state index >= 15 is 0 Å². The number of hydrogen-bond acceptors (Lipinski definition) is 6. The largest absolute Gasteiger partial charge is 0.419 e. The molecule has 0 aromatic heterocycles. The second kappa shape index (κ2) is 6.56. The van der Waals surface area contributed by atoms with Gasteiger partial charge in [0.2, 0.25) is 0 Å². The van der Waals surface area contributed by atoms with Crippen LogP contribution in [0.2, 0.25) is 0 Å². The molecular formula is C13H22N2O4. The van der Waals surface area contributed by atoms with Crippen LogP contribution in [0.3, 0.4) is 0 Å². The second-order valence-corrected chi connectivity index (χ2v) is 4.72. The van der Waals surface area contributed by atoms with Gasteiger partial charge in [-0.25, -0.2) is 9.59 Å². The Bertz CT molecular complexity index is 351. The van der Waals surface area contributed by atoms with Gasteiger partial charge in [0, 0.05) is 33.1 Å². The molecule has 0 amide bonds. The zero-order chi connectivity index (χ0) is 14.5. The topological polar surface area (TPSA) is 67.9 Å². The first-order chi connectivity index (χ1) is 8.89. The number of ether oxygens (including phenoxy) is 2. The summed E-state index contributed by atoms with van der Waals surface area (Å²) in [4.78, 5) is 25.5. The van der Waals surface area contributed by atoms with Gasteiger partial charge >= 0.3 is 11.9 Å². The molecule has 0 aliphatic carbocycles. The number of likely N-dealkylation sites (N-methyl/N-ethyl adjacent to an activating group) is 1. The van der Waals surface area contributed by atoms with Crippen molar-refractivity contribution in [3.05, 3.63) is 11.8 Å². The summed E-state index contributed by atoms with van der Waals surface area (Å²) < 4.78 is 9.95. The molecule has 0 aromatic carbocycles. The Morgan fingerprint density at radius 2 is 1.68 bits per heavy atom. The fourth-order valence-electron chi connectivity index (χ4n) is 1.72. The van der Waals surface area contributed by atoms with Gasteiger partial charge < -0.3 is 19.7 Å². The first kappa shape index (κ1) is 15.5. The number of esters is 2. The molecule has 0 bridgehead atoms. The van der Waals surface area contributed by atoms with Crippen LogP contribution >= 0.6 is 0 Å².